The van der Waals surface area contributed by atoms with E-state index in [1.54, 1.807) is 6.08 Å². The van der Waals surface area contributed by atoms with Gasteiger partial charge in [0.2, 0.25) is 5.91 Å². The van der Waals surface area contributed by atoms with Gasteiger partial charge >= 0.3 is 0 Å². The molecule has 4 heteroatoms. The summed E-state index contributed by atoms with van der Waals surface area (Å²) >= 11 is 0. The first-order valence-electron chi connectivity index (χ1n) is 6.54. The van der Waals surface area contributed by atoms with Gasteiger partial charge in [0, 0.05) is 25.1 Å². The maximum atomic E-state index is 11.6. The number of hydrogen-bond donors (Lipinski definition) is 2. The first-order valence-corrected chi connectivity index (χ1v) is 6.54. The lowest BCUT2D eigenvalue weighted by Gasteiger charge is -2.09. The molecule has 0 aromatic heterocycles. The summed E-state index contributed by atoms with van der Waals surface area (Å²) in [5.74, 6) is 0.802. The van der Waals surface area contributed by atoms with Crippen molar-refractivity contribution in [3.63, 3.8) is 0 Å². The molecule has 0 aliphatic carbocycles. The molecule has 102 valence electrons. The molecule has 0 radical (unpaired) electrons. The zero-order valence-corrected chi connectivity index (χ0v) is 11.1. The maximum absolute atomic E-state index is 11.6. The highest BCUT2D eigenvalue weighted by molar-refractivity contribution is 5.91. The highest BCUT2D eigenvalue weighted by Gasteiger charge is 2.11. The summed E-state index contributed by atoms with van der Waals surface area (Å²) in [5, 5.41) is 11.6. The molecule has 1 aliphatic rings. The Bertz CT molecular complexity index is 482. The monoisotopic (exact) mass is 261 g/mol. The number of aliphatic hydroxyl groups is 1. The number of hydrogen-bond acceptors (Lipinski definition) is 3. The second-order valence-corrected chi connectivity index (χ2v) is 4.72. The van der Waals surface area contributed by atoms with E-state index < -0.39 is 0 Å². The normalized spacial score (nSPS) is 15.1. The first-order chi connectivity index (χ1) is 9.19. The Kier molecular flexibility index (Phi) is 4.58. The number of aliphatic hydroxyl groups excluding tert-OH is 1. The smallest absolute Gasteiger partial charge is 0.244 e. The van der Waals surface area contributed by atoms with Gasteiger partial charge in [-0.25, -0.2) is 0 Å². The van der Waals surface area contributed by atoms with Crippen LogP contribution in [0.25, 0.3) is 6.08 Å². The summed E-state index contributed by atoms with van der Waals surface area (Å²) in [4.78, 5) is 11.6. The second-order valence-electron chi connectivity index (χ2n) is 4.72. The van der Waals surface area contributed by atoms with Crippen molar-refractivity contribution in [1.82, 2.24) is 5.32 Å². The van der Waals surface area contributed by atoms with E-state index in [0.29, 0.717) is 6.42 Å². The van der Waals surface area contributed by atoms with Gasteiger partial charge in [-0.3, -0.25) is 4.79 Å². The number of fused-ring (bicyclic) bond motifs is 1. The minimum absolute atomic E-state index is 0.0180. The van der Waals surface area contributed by atoms with Crippen molar-refractivity contribution in [2.24, 2.45) is 0 Å². The summed E-state index contributed by atoms with van der Waals surface area (Å²) in [7, 11) is 0. The summed E-state index contributed by atoms with van der Waals surface area (Å²) in [6.45, 7) is 2.69. The molecule has 1 aromatic rings. The van der Waals surface area contributed by atoms with Crippen LogP contribution in [0.2, 0.25) is 0 Å². The zero-order chi connectivity index (χ0) is 13.7. The highest BCUT2D eigenvalue weighted by Crippen LogP contribution is 2.26. The number of ether oxygens (including phenoxy) is 1. The average Bonchev–Trinajstić information content (AvgIpc) is 2.83. The van der Waals surface area contributed by atoms with Crippen LogP contribution in [0.3, 0.4) is 0 Å². The van der Waals surface area contributed by atoms with Gasteiger partial charge in [-0.05, 0) is 42.7 Å². The van der Waals surface area contributed by atoms with Gasteiger partial charge in [0.25, 0.3) is 0 Å². The molecule has 0 spiro atoms. The Labute approximate surface area is 113 Å². The molecular weight excluding hydrogens is 242 g/mol. The van der Waals surface area contributed by atoms with Crippen LogP contribution in [0.5, 0.6) is 5.75 Å². The van der Waals surface area contributed by atoms with E-state index in [-0.39, 0.29) is 18.6 Å². The molecule has 0 bridgehead atoms. The van der Waals surface area contributed by atoms with Crippen LogP contribution in [-0.4, -0.2) is 30.3 Å². The molecule has 0 saturated carbocycles. The van der Waals surface area contributed by atoms with Gasteiger partial charge in [-0.2, -0.15) is 0 Å². The lowest BCUT2D eigenvalue weighted by atomic mass is 10.1. The summed E-state index contributed by atoms with van der Waals surface area (Å²) in [5.41, 5.74) is 2.19. The van der Waals surface area contributed by atoms with E-state index in [1.807, 2.05) is 25.1 Å². The van der Waals surface area contributed by atoms with E-state index in [4.69, 9.17) is 9.84 Å². The molecule has 2 N–H and O–H groups in total. The van der Waals surface area contributed by atoms with Crippen molar-refractivity contribution in [3.8, 4) is 5.75 Å². The van der Waals surface area contributed by atoms with Crippen molar-refractivity contribution >= 4 is 12.0 Å². The van der Waals surface area contributed by atoms with Crippen LogP contribution in [-0.2, 0) is 11.2 Å². The quantitative estimate of drug-likeness (QED) is 0.790. The number of rotatable bonds is 5. The van der Waals surface area contributed by atoms with Gasteiger partial charge in [-0.15, -0.1) is 0 Å². The van der Waals surface area contributed by atoms with Gasteiger partial charge in [0.05, 0.1) is 6.61 Å². The largest absolute Gasteiger partial charge is 0.493 e. The predicted octanol–water partition coefficient (Wildman–Crippen LogP) is 1.52. The van der Waals surface area contributed by atoms with Crippen LogP contribution in [0, 0.1) is 0 Å². The number of carbonyl (C=O) groups is 1. The number of nitrogens with one attached hydrogen (secondary N) is 1. The van der Waals surface area contributed by atoms with E-state index >= 15 is 0 Å². The summed E-state index contributed by atoms with van der Waals surface area (Å²) < 4.78 is 5.43. The molecule has 19 heavy (non-hydrogen) atoms. The van der Waals surface area contributed by atoms with Crippen molar-refractivity contribution in [2.75, 3.05) is 13.2 Å². The molecular formula is C15H19NO3. The molecule has 1 aromatic carbocycles. The number of benzene rings is 1. The number of carbonyl (C=O) groups excluding carboxylic acids is 1. The molecule has 0 fully saturated rings. The topological polar surface area (TPSA) is 58.6 Å². The van der Waals surface area contributed by atoms with Gasteiger partial charge in [-0.1, -0.05) is 6.07 Å². The lowest BCUT2D eigenvalue weighted by Crippen LogP contribution is -2.31. The fourth-order valence-electron chi connectivity index (χ4n) is 2.04. The van der Waals surface area contributed by atoms with Gasteiger partial charge < -0.3 is 15.2 Å². The highest BCUT2D eigenvalue weighted by atomic mass is 16.5. The fourth-order valence-corrected chi connectivity index (χ4v) is 2.04. The molecule has 1 amide bonds. The Morgan fingerprint density at radius 1 is 1.58 bits per heavy atom. The van der Waals surface area contributed by atoms with Gasteiger partial charge in [0.1, 0.15) is 5.75 Å². The molecule has 1 heterocycles. The minimum Gasteiger partial charge on any atom is -0.493 e. The van der Waals surface area contributed by atoms with Crippen LogP contribution in [0.1, 0.15) is 24.5 Å². The van der Waals surface area contributed by atoms with Crippen molar-refractivity contribution in [2.45, 2.75) is 25.8 Å². The van der Waals surface area contributed by atoms with Gasteiger partial charge in [0.15, 0.2) is 0 Å². The van der Waals surface area contributed by atoms with E-state index in [0.717, 1.165) is 24.3 Å². The molecule has 0 saturated heterocycles. The molecule has 1 unspecified atom stereocenters. The third-order valence-electron chi connectivity index (χ3n) is 3.09. The van der Waals surface area contributed by atoms with Crippen LogP contribution in [0.4, 0.5) is 0 Å². The van der Waals surface area contributed by atoms with Crippen molar-refractivity contribution in [3.05, 3.63) is 35.4 Å². The Balaban J connectivity index is 1.93. The standard InChI is InChI=1S/C15H19NO3/c1-11(6-8-17)16-15(18)5-3-12-2-4-14-13(10-12)7-9-19-14/h2-5,10-11,17H,6-9H2,1H3,(H,16,18)/b5-3+. The van der Waals surface area contributed by atoms with E-state index in [2.05, 4.69) is 5.32 Å². The Morgan fingerprint density at radius 3 is 3.21 bits per heavy atom. The van der Waals surface area contributed by atoms with Crippen LogP contribution in [0.15, 0.2) is 24.3 Å². The summed E-state index contributed by atoms with van der Waals surface area (Å²) in [6.07, 6.45) is 4.80. The third-order valence-corrected chi connectivity index (χ3v) is 3.09. The van der Waals surface area contributed by atoms with Crippen LogP contribution >= 0.6 is 0 Å². The zero-order valence-electron chi connectivity index (χ0n) is 11.1. The second kappa shape index (κ2) is 6.38. The molecule has 2 rings (SSSR count). The first kappa shape index (κ1) is 13.6. The number of amides is 1. The SMILES string of the molecule is CC(CCO)NC(=O)/C=C/c1ccc2c(c1)CCO2. The Hall–Kier alpha value is -1.81. The van der Waals surface area contributed by atoms with Crippen molar-refractivity contribution in [1.29, 1.82) is 0 Å². The third kappa shape index (κ3) is 3.83. The van der Waals surface area contributed by atoms with E-state index in [1.165, 1.54) is 11.6 Å². The molecule has 1 atom stereocenters. The van der Waals surface area contributed by atoms with Crippen molar-refractivity contribution < 1.29 is 14.6 Å². The predicted molar refractivity (Wildman–Crippen MR) is 74.0 cm³/mol. The van der Waals surface area contributed by atoms with Crippen LogP contribution < -0.4 is 10.1 Å². The van der Waals surface area contributed by atoms with E-state index in [9.17, 15) is 4.79 Å². The average molecular weight is 261 g/mol. The maximum Gasteiger partial charge on any atom is 0.244 e. The summed E-state index contributed by atoms with van der Waals surface area (Å²) in [6, 6.07) is 5.90. The minimum atomic E-state index is -0.141. The Morgan fingerprint density at radius 2 is 2.42 bits per heavy atom. The lowest BCUT2D eigenvalue weighted by molar-refractivity contribution is -0.117. The fraction of sp³-hybridized carbons (Fsp3) is 0.400. The molecule has 1 aliphatic heterocycles. The molecule has 4 nitrogen and oxygen atoms in total.